The van der Waals surface area contributed by atoms with Crippen LogP contribution in [0.1, 0.15) is 78.1 Å². The number of rotatable bonds is 6. The number of nitrogens with one attached hydrogen (secondary N) is 1. The van der Waals surface area contributed by atoms with Crippen molar-refractivity contribution in [2.75, 3.05) is 0 Å². The van der Waals surface area contributed by atoms with Crippen molar-refractivity contribution in [3.8, 4) is 6.07 Å². The molecule has 3 nitrogen and oxygen atoms in total. The zero-order valence-electron chi connectivity index (χ0n) is 12.5. The van der Waals surface area contributed by atoms with Crippen molar-refractivity contribution in [2.45, 2.75) is 84.1 Å². The molecule has 19 heavy (non-hydrogen) atoms. The van der Waals surface area contributed by atoms with E-state index in [1.807, 2.05) is 0 Å². The van der Waals surface area contributed by atoms with Crippen molar-refractivity contribution >= 4 is 5.91 Å². The summed E-state index contributed by atoms with van der Waals surface area (Å²) in [5, 5.41) is 12.5. The predicted octanol–water partition coefficient (Wildman–Crippen LogP) is 3.94. The quantitative estimate of drug-likeness (QED) is 0.583. The van der Waals surface area contributed by atoms with Crippen LogP contribution in [0, 0.1) is 16.7 Å². The third kappa shape index (κ3) is 4.86. The monoisotopic (exact) mass is 264 g/mol. The minimum absolute atomic E-state index is 0.0269. The molecule has 1 N–H and O–H groups in total. The second-order valence-electron chi connectivity index (χ2n) is 5.98. The third-order valence-corrected chi connectivity index (χ3v) is 4.22. The SMILES string of the molecule is CCCCCC(C)NC(=O)C1(C#N)CCCCCC1. The van der Waals surface area contributed by atoms with E-state index in [9.17, 15) is 10.1 Å². The number of hydrogen-bond donors (Lipinski definition) is 1. The Bertz CT molecular complexity index is 311. The number of nitrogens with zero attached hydrogens (tertiary/aromatic N) is 1. The maximum Gasteiger partial charge on any atom is 0.240 e. The van der Waals surface area contributed by atoms with Gasteiger partial charge in [0.2, 0.25) is 5.91 Å². The summed E-state index contributed by atoms with van der Waals surface area (Å²) in [5.74, 6) is -0.0269. The molecule has 0 heterocycles. The van der Waals surface area contributed by atoms with Crippen molar-refractivity contribution in [2.24, 2.45) is 5.41 Å². The molecule has 0 saturated heterocycles. The Morgan fingerprint density at radius 2 is 1.89 bits per heavy atom. The van der Waals surface area contributed by atoms with Crippen LogP contribution in [-0.2, 0) is 4.79 Å². The van der Waals surface area contributed by atoms with E-state index in [0.717, 1.165) is 51.4 Å². The Kier molecular flexibility index (Phi) is 6.91. The average Bonchev–Trinajstić information content (AvgIpc) is 2.65. The normalized spacial score (nSPS) is 20.1. The van der Waals surface area contributed by atoms with Gasteiger partial charge in [-0.25, -0.2) is 0 Å². The van der Waals surface area contributed by atoms with Gasteiger partial charge in [-0.05, 0) is 26.2 Å². The van der Waals surface area contributed by atoms with Gasteiger partial charge in [-0.1, -0.05) is 51.9 Å². The van der Waals surface area contributed by atoms with Gasteiger partial charge >= 0.3 is 0 Å². The summed E-state index contributed by atoms with van der Waals surface area (Å²) in [6, 6.07) is 2.51. The number of nitriles is 1. The lowest BCUT2D eigenvalue weighted by molar-refractivity contribution is -0.129. The largest absolute Gasteiger partial charge is 0.352 e. The van der Waals surface area contributed by atoms with Crippen LogP contribution in [0.25, 0.3) is 0 Å². The summed E-state index contributed by atoms with van der Waals surface area (Å²) in [7, 11) is 0. The molecule has 1 atom stereocenters. The highest BCUT2D eigenvalue weighted by atomic mass is 16.2. The zero-order valence-corrected chi connectivity index (χ0v) is 12.5. The number of unbranched alkanes of at least 4 members (excludes halogenated alkanes) is 2. The number of carbonyl (C=O) groups excluding carboxylic acids is 1. The van der Waals surface area contributed by atoms with E-state index in [1.54, 1.807) is 0 Å². The fourth-order valence-corrected chi connectivity index (χ4v) is 2.86. The van der Waals surface area contributed by atoms with Gasteiger partial charge in [0.05, 0.1) is 6.07 Å². The van der Waals surface area contributed by atoms with E-state index in [1.165, 1.54) is 12.8 Å². The lowest BCUT2D eigenvalue weighted by Gasteiger charge is -2.26. The van der Waals surface area contributed by atoms with E-state index >= 15 is 0 Å². The molecule has 108 valence electrons. The molecule has 0 spiro atoms. The van der Waals surface area contributed by atoms with Crippen LogP contribution in [0.15, 0.2) is 0 Å². The molecule has 1 fully saturated rings. The van der Waals surface area contributed by atoms with Crippen molar-refractivity contribution in [1.29, 1.82) is 5.26 Å². The Morgan fingerprint density at radius 3 is 2.42 bits per heavy atom. The van der Waals surface area contributed by atoms with Crippen LogP contribution in [0.2, 0.25) is 0 Å². The van der Waals surface area contributed by atoms with Crippen molar-refractivity contribution in [3.05, 3.63) is 0 Å². The Balaban J connectivity index is 2.51. The minimum atomic E-state index is -0.754. The first kappa shape index (κ1) is 16.0. The van der Waals surface area contributed by atoms with Gasteiger partial charge in [0, 0.05) is 6.04 Å². The van der Waals surface area contributed by atoms with E-state index in [4.69, 9.17) is 0 Å². The molecule has 0 aromatic heterocycles. The number of hydrogen-bond acceptors (Lipinski definition) is 2. The van der Waals surface area contributed by atoms with E-state index < -0.39 is 5.41 Å². The van der Waals surface area contributed by atoms with Crippen LogP contribution < -0.4 is 5.32 Å². The average molecular weight is 264 g/mol. The fourth-order valence-electron chi connectivity index (χ4n) is 2.86. The second-order valence-corrected chi connectivity index (χ2v) is 5.98. The molecule has 1 aliphatic rings. The summed E-state index contributed by atoms with van der Waals surface area (Å²) in [6.07, 6.45) is 10.4. The minimum Gasteiger partial charge on any atom is -0.352 e. The summed E-state index contributed by atoms with van der Waals surface area (Å²) in [5.41, 5.74) is -0.754. The molecule has 1 aliphatic carbocycles. The van der Waals surface area contributed by atoms with Gasteiger partial charge in [-0.15, -0.1) is 0 Å². The van der Waals surface area contributed by atoms with Gasteiger partial charge in [0.15, 0.2) is 0 Å². The highest BCUT2D eigenvalue weighted by Crippen LogP contribution is 2.34. The Hall–Kier alpha value is -1.04. The summed E-state index contributed by atoms with van der Waals surface area (Å²) < 4.78 is 0. The van der Waals surface area contributed by atoms with E-state index in [-0.39, 0.29) is 11.9 Å². The molecular formula is C16H28N2O. The molecule has 0 radical (unpaired) electrons. The van der Waals surface area contributed by atoms with Gasteiger partial charge < -0.3 is 5.32 Å². The fraction of sp³-hybridized carbons (Fsp3) is 0.875. The standard InChI is InChI=1S/C16H28N2O/c1-3-4-7-10-14(2)18-15(19)16(13-17)11-8-5-6-9-12-16/h14H,3-12H2,1-2H3,(H,18,19). The number of carbonyl (C=O) groups is 1. The molecule has 0 aromatic carbocycles. The molecular weight excluding hydrogens is 236 g/mol. The van der Waals surface area contributed by atoms with Crippen molar-refractivity contribution in [3.63, 3.8) is 0 Å². The first-order valence-corrected chi connectivity index (χ1v) is 7.87. The second kappa shape index (κ2) is 8.19. The lowest BCUT2D eigenvalue weighted by Crippen LogP contribution is -2.43. The molecule has 0 aromatic rings. The van der Waals surface area contributed by atoms with Gasteiger partial charge in [0.1, 0.15) is 5.41 Å². The molecule has 1 amide bonds. The first-order chi connectivity index (χ1) is 9.14. The smallest absolute Gasteiger partial charge is 0.240 e. The third-order valence-electron chi connectivity index (χ3n) is 4.22. The molecule has 0 aliphatic heterocycles. The van der Waals surface area contributed by atoms with Crippen LogP contribution in [0.4, 0.5) is 0 Å². The molecule has 1 rings (SSSR count). The van der Waals surface area contributed by atoms with Gasteiger partial charge in [-0.3, -0.25) is 4.79 Å². The van der Waals surface area contributed by atoms with Crippen LogP contribution in [0.3, 0.4) is 0 Å². The molecule has 3 heteroatoms. The van der Waals surface area contributed by atoms with Crippen LogP contribution >= 0.6 is 0 Å². The topological polar surface area (TPSA) is 52.9 Å². The van der Waals surface area contributed by atoms with Crippen molar-refractivity contribution < 1.29 is 4.79 Å². The summed E-state index contributed by atoms with van der Waals surface area (Å²) >= 11 is 0. The van der Waals surface area contributed by atoms with Crippen LogP contribution in [-0.4, -0.2) is 11.9 Å². The Labute approximate surface area is 117 Å². The van der Waals surface area contributed by atoms with Gasteiger partial charge in [-0.2, -0.15) is 5.26 Å². The maximum atomic E-state index is 12.4. The number of amides is 1. The summed E-state index contributed by atoms with van der Waals surface area (Å²) in [4.78, 5) is 12.4. The Morgan fingerprint density at radius 1 is 1.26 bits per heavy atom. The van der Waals surface area contributed by atoms with Crippen molar-refractivity contribution in [1.82, 2.24) is 5.32 Å². The van der Waals surface area contributed by atoms with Gasteiger partial charge in [0.25, 0.3) is 0 Å². The van der Waals surface area contributed by atoms with E-state index in [0.29, 0.717) is 0 Å². The molecule has 1 unspecified atom stereocenters. The zero-order chi connectivity index (χ0) is 14.1. The van der Waals surface area contributed by atoms with Crippen LogP contribution in [0.5, 0.6) is 0 Å². The van der Waals surface area contributed by atoms with E-state index in [2.05, 4.69) is 25.2 Å². The predicted molar refractivity (Wildman–Crippen MR) is 77.5 cm³/mol. The lowest BCUT2D eigenvalue weighted by atomic mass is 9.80. The first-order valence-electron chi connectivity index (χ1n) is 7.87. The maximum absolute atomic E-state index is 12.4. The highest BCUT2D eigenvalue weighted by Gasteiger charge is 2.39. The summed E-state index contributed by atoms with van der Waals surface area (Å²) in [6.45, 7) is 4.23. The molecule has 1 saturated carbocycles. The molecule has 0 bridgehead atoms. The highest BCUT2D eigenvalue weighted by molar-refractivity contribution is 5.85.